The molecule has 4 amide bonds. The van der Waals surface area contributed by atoms with Crippen LogP contribution in [0.5, 0.6) is 0 Å². The molecule has 0 heterocycles. The fourth-order valence-corrected chi connectivity index (χ4v) is 2.45. The van der Waals surface area contributed by atoms with Crippen LogP contribution in [0.3, 0.4) is 0 Å². The van der Waals surface area contributed by atoms with Crippen molar-refractivity contribution in [2.24, 2.45) is 17.4 Å². The summed E-state index contributed by atoms with van der Waals surface area (Å²) in [4.78, 5) is 70.2. The molecule has 0 fully saturated rings. The van der Waals surface area contributed by atoms with E-state index in [0.29, 0.717) is 6.42 Å². The molecule has 13 heteroatoms. The van der Waals surface area contributed by atoms with Gasteiger partial charge in [-0.25, -0.2) is 0 Å². The van der Waals surface area contributed by atoms with E-state index in [2.05, 4.69) is 16.0 Å². The number of primary amides is 1. The van der Waals surface area contributed by atoms with Crippen molar-refractivity contribution in [2.45, 2.75) is 70.6 Å². The van der Waals surface area contributed by atoms with Crippen molar-refractivity contribution < 1.29 is 39.0 Å². The lowest BCUT2D eigenvalue weighted by molar-refractivity contribution is -0.142. The van der Waals surface area contributed by atoms with Crippen LogP contribution in [0.1, 0.15) is 46.5 Å². The molecule has 0 rings (SSSR count). The number of amides is 4. The van der Waals surface area contributed by atoms with Gasteiger partial charge in [0.2, 0.25) is 23.6 Å². The second-order valence-corrected chi connectivity index (χ2v) is 7.21. The number of rotatable bonds is 14. The Kier molecular flexibility index (Phi) is 11.8. The number of hydrogen-bond acceptors (Lipinski definition) is 7. The van der Waals surface area contributed by atoms with Gasteiger partial charge in [-0.3, -0.25) is 28.8 Å². The zero-order valence-electron chi connectivity index (χ0n) is 17.7. The number of carboxylic acid groups (broad SMARTS) is 2. The number of aliphatic carboxylic acids is 2. The molecule has 13 nitrogen and oxygen atoms in total. The third-order valence-corrected chi connectivity index (χ3v) is 4.56. The summed E-state index contributed by atoms with van der Waals surface area (Å²) in [5.74, 6) is -6.23. The maximum absolute atomic E-state index is 12.7. The SMILES string of the molecule is CCC(C)C(NC(=O)C(CCC(=O)O)NC(=O)C(N)CC(N)=O)C(=O)NC(C)C(=O)O. The zero-order chi connectivity index (χ0) is 24.3. The molecule has 0 radical (unpaired) electrons. The topological polar surface area (TPSA) is 231 Å². The van der Waals surface area contributed by atoms with E-state index in [0.717, 1.165) is 0 Å². The highest BCUT2D eigenvalue weighted by Gasteiger charge is 2.32. The van der Waals surface area contributed by atoms with Gasteiger partial charge in [-0.15, -0.1) is 0 Å². The molecule has 5 unspecified atom stereocenters. The largest absolute Gasteiger partial charge is 0.481 e. The highest BCUT2D eigenvalue weighted by molar-refractivity contribution is 5.95. The average Bonchev–Trinajstić information content (AvgIpc) is 2.67. The molecule has 176 valence electrons. The van der Waals surface area contributed by atoms with Gasteiger partial charge in [-0.05, 0) is 19.3 Å². The Labute approximate surface area is 179 Å². The maximum atomic E-state index is 12.7. The van der Waals surface area contributed by atoms with Crippen molar-refractivity contribution in [3.8, 4) is 0 Å². The first-order chi connectivity index (χ1) is 14.3. The quantitative estimate of drug-likeness (QED) is 0.151. The van der Waals surface area contributed by atoms with E-state index >= 15 is 0 Å². The molecule has 0 spiro atoms. The highest BCUT2D eigenvalue weighted by atomic mass is 16.4. The molecule has 5 atom stereocenters. The summed E-state index contributed by atoms with van der Waals surface area (Å²) in [6.45, 7) is 4.67. The van der Waals surface area contributed by atoms with Gasteiger partial charge in [0.05, 0.1) is 12.5 Å². The first-order valence-electron chi connectivity index (χ1n) is 9.69. The molecule has 0 aliphatic rings. The van der Waals surface area contributed by atoms with Crippen LogP contribution in [-0.4, -0.2) is 69.9 Å². The molecule has 0 saturated heterocycles. The molecular weight excluding hydrogens is 414 g/mol. The summed E-state index contributed by atoms with van der Waals surface area (Å²) in [7, 11) is 0. The fourth-order valence-electron chi connectivity index (χ4n) is 2.45. The van der Waals surface area contributed by atoms with Gasteiger partial charge in [0.15, 0.2) is 0 Å². The Morgan fingerprint density at radius 3 is 1.94 bits per heavy atom. The Hall–Kier alpha value is -3.22. The van der Waals surface area contributed by atoms with Gasteiger partial charge >= 0.3 is 11.9 Å². The Morgan fingerprint density at radius 1 is 0.903 bits per heavy atom. The van der Waals surface area contributed by atoms with Crippen LogP contribution in [0.25, 0.3) is 0 Å². The number of nitrogens with one attached hydrogen (secondary N) is 3. The van der Waals surface area contributed by atoms with Gasteiger partial charge in [-0.2, -0.15) is 0 Å². The van der Waals surface area contributed by atoms with Crippen molar-refractivity contribution in [1.82, 2.24) is 16.0 Å². The number of carbonyl (C=O) groups is 6. The van der Waals surface area contributed by atoms with Crippen LogP contribution in [0, 0.1) is 5.92 Å². The zero-order valence-corrected chi connectivity index (χ0v) is 17.7. The molecule has 9 N–H and O–H groups in total. The highest BCUT2D eigenvalue weighted by Crippen LogP contribution is 2.10. The Balaban J connectivity index is 5.48. The van der Waals surface area contributed by atoms with E-state index in [1.165, 1.54) is 6.92 Å². The lowest BCUT2D eigenvalue weighted by Crippen LogP contribution is -2.58. The number of carboxylic acids is 2. The standard InChI is InChI=1S/C18H31N5O8/c1-4-8(2)14(17(29)21-9(3)18(30)31)23-16(28)11(5-6-13(25)26)22-15(27)10(19)7-12(20)24/h8-11,14H,4-7,19H2,1-3H3,(H2,20,24)(H,21,29)(H,22,27)(H,23,28)(H,25,26)(H,30,31). The lowest BCUT2D eigenvalue weighted by Gasteiger charge is -2.27. The average molecular weight is 445 g/mol. The predicted octanol–water partition coefficient (Wildman–Crippen LogP) is -2.34. The van der Waals surface area contributed by atoms with E-state index in [9.17, 15) is 28.8 Å². The second-order valence-electron chi connectivity index (χ2n) is 7.21. The van der Waals surface area contributed by atoms with E-state index in [1.807, 2.05) is 0 Å². The summed E-state index contributed by atoms with van der Waals surface area (Å²) < 4.78 is 0. The first-order valence-corrected chi connectivity index (χ1v) is 9.69. The smallest absolute Gasteiger partial charge is 0.325 e. The van der Waals surface area contributed by atoms with Gasteiger partial charge in [0, 0.05) is 6.42 Å². The minimum atomic E-state index is -1.36. The third-order valence-electron chi connectivity index (χ3n) is 4.56. The van der Waals surface area contributed by atoms with E-state index in [1.54, 1.807) is 13.8 Å². The normalized spacial score (nSPS) is 15.5. The molecule has 0 bridgehead atoms. The summed E-state index contributed by atoms with van der Waals surface area (Å²) in [6, 6.07) is -5.05. The molecular formula is C18H31N5O8. The fraction of sp³-hybridized carbons (Fsp3) is 0.667. The monoisotopic (exact) mass is 445 g/mol. The summed E-state index contributed by atoms with van der Waals surface area (Å²) in [6.07, 6.45) is -0.810. The van der Waals surface area contributed by atoms with Crippen LogP contribution in [0.4, 0.5) is 0 Å². The predicted molar refractivity (Wildman–Crippen MR) is 107 cm³/mol. The van der Waals surface area contributed by atoms with Gasteiger partial charge in [0.1, 0.15) is 18.1 Å². The molecule has 0 aromatic heterocycles. The van der Waals surface area contributed by atoms with Gasteiger partial charge < -0.3 is 37.6 Å². The Morgan fingerprint density at radius 2 is 1.48 bits per heavy atom. The molecule has 31 heavy (non-hydrogen) atoms. The molecule has 0 aromatic carbocycles. The first kappa shape index (κ1) is 27.8. The summed E-state index contributed by atoms with van der Waals surface area (Å²) in [5.41, 5.74) is 10.5. The molecule has 0 saturated carbocycles. The molecule has 0 aliphatic carbocycles. The molecule has 0 aromatic rings. The minimum absolute atomic E-state index is 0.309. The van der Waals surface area contributed by atoms with Crippen LogP contribution in [0.15, 0.2) is 0 Å². The van der Waals surface area contributed by atoms with Crippen LogP contribution in [-0.2, 0) is 28.8 Å². The number of nitrogens with two attached hydrogens (primary N) is 2. The van der Waals surface area contributed by atoms with Crippen LogP contribution in [0.2, 0.25) is 0 Å². The minimum Gasteiger partial charge on any atom is -0.481 e. The van der Waals surface area contributed by atoms with E-state index in [4.69, 9.17) is 21.7 Å². The van der Waals surface area contributed by atoms with Crippen LogP contribution < -0.4 is 27.4 Å². The van der Waals surface area contributed by atoms with Gasteiger partial charge in [0.25, 0.3) is 0 Å². The van der Waals surface area contributed by atoms with Crippen molar-refractivity contribution in [3.05, 3.63) is 0 Å². The van der Waals surface area contributed by atoms with Crippen molar-refractivity contribution in [1.29, 1.82) is 0 Å². The summed E-state index contributed by atoms with van der Waals surface area (Å²) >= 11 is 0. The second kappa shape index (κ2) is 13.2. The maximum Gasteiger partial charge on any atom is 0.325 e. The van der Waals surface area contributed by atoms with Crippen molar-refractivity contribution >= 4 is 35.6 Å². The van der Waals surface area contributed by atoms with E-state index < -0.39 is 78.5 Å². The van der Waals surface area contributed by atoms with Crippen molar-refractivity contribution in [3.63, 3.8) is 0 Å². The van der Waals surface area contributed by atoms with Gasteiger partial charge in [-0.1, -0.05) is 20.3 Å². The third kappa shape index (κ3) is 10.4. The Bertz CT molecular complexity index is 698. The van der Waals surface area contributed by atoms with E-state index in [-0.39, 0.29) is 6.42 Å². The van der Waals surface area contributed by atoms with Crippen LogP contribution >= 0.6 is 0 Å². The molecule has 0 aliphatic heterocycles. The van der Waals surface area contributed by atoms with Crippen molar-refractivity contribution in [2.75, 3.05) is 0 Å². The summed E-state index contributed by atoms with van der Waals surface area (Å²) in [5, 5.41) is 24.8. The number of hydrogen-bond donors (Lipinski definition) is 7. The number of carbonyl (C=O) groups excluding carboxylic acids is 4. The lowest BCUT2D eigenvalue weighted by atomic mass is 9.97.